The number of piperidine rings is 1. The van der Waals surface area contributed by atoms with E-state index in [0.717, 1.165) is 48.6 Å². The van der Waals surface area contributed by atoms with Gasteiger partial charge in [0.25, 0.3) is 0 Å². The van der Waals surface area contributed by atoms with Gasteiger partial charge >= 0.3 is 0 Å². The summed E-state index contributed by atoms with van der Waals surface area (Å²) < 4.78 is 0. The molecular formula is C28H28ClN3O. The number of rotatable bonds is 4. The van der Waals surface area contributed by atoms with Crippen molar-refractivity contribution in [1.82, 2.24) is 14.9 Å². The monoisotopic (exact) mass is 457 g/mol. The first-order valence-electron chi connectivity index (χ1n) is 11.8. The summed E-state index contributed by atoms with van der Waals surface area (Å²) in [6.45, 7) is 3.70. The van der Waals surface area contributed by atoms with Crippen molar-refractivity contribution in [1.29, 1.82) is 0 Å². The zero-order chi connectivity index (χ0) is 22.8. The number of fused-ring (bicyclic) bond motifs is 2. The largest absolute Gasteiger partial charge is 0.342 e. The standard InChI is InChI=1S/C28H28ClN3O/c1-2-20-16-24-23(17-25(20)29)8-7-22-6-4-12-31-28(22)27(24)21-9-13-32(14-10-21)26(33)15-19-5-3-11-30-18-19/h3-8,11-12,16-18,21,27H,2,9-10,13-15H2,1H3. The van der Waals surface area contributed by atoms with Gasteiger partial charge in [0.1, 0.15) is 0 Å². The lowest BCUT2D eigenvalue weighted by atomic mass is 9.76. The Balaban J connectivity index is 1.41. The number of benzene rings is 1. The van der Waals surface area contributed by atoms with Crippen molar-refractivity contribution in [3.05, 3.63) is 93.5 Å². The number of carbonyl (C=O) groups excluding carboxylic acids is 1. The Labute approximate surface area is 200 Å². The van der Waals surface area contributed by atoms with Crippen LogP contribution in [0.5, 0.6) is 0 Å². The van der Waals surface area contributed by atoms with Gasteiger partial charge in [-0.3, -0.25) is 14.8 Å². The van der Waals surface area contributed by atoms with Crippen LogP contribution in [-0.4, -0.2) is 33.9 Å². The van der Waals surface area contributed by atoms with Gasteiger partial charge in [-0.05, 0) is 71.2 Å². The molecule has 1 amide bonds. The fraction of sp³-hybridized carbons (Fsp3) is 0.321. The molecular weight excluding hydrogens is 430 g/mol. The fourth-order valence-corrected chi connectivity index (χ4v) is 5.55. The second kappa shape index (κ2) is 9.48. The van der Waals surface area contributed by atoms with Crippen molar-refractivity contribution in [3.63, 3.8) is 0 Å². The molecule has 2 aliphatic rings. The normalized spacial score (nSPS) is 17.9. The molecule has 2 aromatic heterocycles. The van der Waals surface area contributed by atoms with Crippen molar-refractivity contribution in [2.24, 2.45) is 5.92 Å². The van der Waals surface area contributed by atoms with Gasteiger partial charge < -0.3 is 4.90 Å². The van der Waals surface area contributed by atoms with E-state index < -0.39 is 0 Å². The third-order valence-corrected chi connectivity index (χ3v) is 7.37. The first-order valence-corrected chi connectivity index (χ1v) is 12.1. The lowest BCUT2D eigenvalue weighted by Crippen LogP contribution is -2.40. The van der Waals surface area contributed by atoms with Crippen molar-refractivity contribution in [2.75, 3.05) is 13.1 Å². The van der Waals surface area contributed by atoms with Gasteiger partial charge in [0, 0.05) is 42.6 Å². The van der Waals surface area contributed by atoms with Crippen LogP contribution < -0.4 is 0 Å². The van der Waals surface area contributed by atoms with Crippen LogP contribution in [0.15, 0.2) is 55.0 Å². The van der Waals surface area contributed by atoms with E-state index in [1.165, 1.54) is 22.3 Å². The molecule has 0 saturated carbocycles. The van der Waals surface area contributed by atoms with Crippen LogP contribution in [0.25, 0.3) is 12.2 Å². The smallest absolute Gasteiger partial charge is 0.227 e. The van der Waals surface area contributed by atoms with E-state index in [4.69, 9.17) is 16.6 Å². The highest BCUT2D eigenvalue weighted by molar-refractivity contribution is 6.31. The molecule has 5 heteroatoms. The van der Waals surface area contributed by atoms with Crippen LogP contribution in [0, 0.1) is 5.92 Å². The Hall–Kier alpha value is -2.98. The van der Waals surface area contributed by atoms with Gasteiger partial charge in [-0.2, -0.15) is 0 Å². The lowest BCUT2D eigenvalue weighted by molar-refractivity contribution is -0.131. The number of nitrogens with zero attached hydrogens (tertiary/aromatic N) is 3. The van der Waals surface area contributed by atoms with E-state index in [-0.39, 0.29) is 11.8 Å². The Kier molecular flexibility index (Phi) is 6.28. The molecule has 1 fully saturated rings. The molecule has 3 aromatic rings. The van der Waals surface area contributed by atoms with Crippen LogP contribution in [0.3, 0.4) is 0 Å². The number of pyridine rings is 2. The third-order valence-electron chi connectivity index (χ3n) is 7.02. The first-order chi connectivity index (χ1) is 16.1. The number of aryl methyl sites for hydroxylation is 1. The molecule has 4 nitrogen and oxygen atoms in total. The summed E-state index contributed by atoms with van der Waals surface area (Å²) in [4.78, 5) is 23.9. The number of aromatic nitrogens is 2. The number of carbonyl (C=O) groups is 1. The molecule has 0 spiro atoms. The van der Waals surface area contributed by atoms with Crippen molar-refractivity contribution >= 4 is 29.7 Å². The number of hydrogen-bond donors (Lipinski definition) is 0. The highest BCUT2D eigenvalue weighted by atomic mass is 35.5. The average Bonchev–Trinajstić information content (AvgIpc) is 3.00. The molecule has 1 saturated heterocycles. The summed E-state index contributed by atoms with van der Waals surface area (Å²) >= 11 is 6.58. The molecule has 33 heavy (non-hydrogen) atoms. The van der Waals surface area contributed by atoms with Crippen LogP contribution in [-0.2, 0) is 17.6 Å². The van der Waals surface area contributed by atoms with E-state index in [0.29, 0.717) is 12.3 Å². The van der Waals surface area contributed by atoms with E-state index in [1.54, 1.807) is 12.4 Å². The van der Waals surface area contributed by atoms with Gasteiger partial charge in [0.05, 0.1) is 12.1 Å². The number of likely N-dealkylation sites (tertiary alicyclic amines) is 1. The minimum Gasteiger partial charge on any atom is -0.342 e. The zero-order valence-electron chi connectivity index (χ0n) is 18.9. The summed E-state index contributed by atoms with van der Waals surface area (Å²) in [5, 5.41) is 0.828. The fourth-order valence-electron chi connectivity index (χ4n) is 5.24. The Morgan fingerprint density at radius 2 is 1.88 bits per heavy atom. The minimum absolute atomic E-state index is 0.183. The molecule has 0 radical (unpaired) electrons. The maximum absolute atomic E-state index is 12.9. The molecule has 1 aliphatic heterocycles. The van der Waals surface area contributed by atoms with Crippen molar-refractivity contribution in [3.8, 4) is 0 Å². The van der Waals surface area contributed by atoms with E-state index >= 15 is 0 Å². The van der Waals surface area contributed by atoms with Gasteiger partial charge in [-0.15, -0.1) is 0 Å². The van der Waals surface area contributed by atoms with Crippen molar-refractivity contribution in [2.45, 2.75) is 38.5 Å². The molecule has 1 unspecified atom stereocenters. The summed E-state index contributed by atoms with van der Waals surface area (Å²) in [6.07, 6.45) is 13.0. The molecule has 1 atom stereocenters. The molecule has 0 N–H and O–H groups in total. The minimum atomic E-state index is 0.183. The van der Waals surface area contributed by atoms with Crippen LogP contribution in [0.1, 0.15) is 59.2 Å². The van der Waals surface area contributed by atoms with E-state index in [9.17, 15) is 4.79 Å². The molecule has 1 aliphatic carbocycles. The highest BCUT2D eigenvalue weighted by Crippen LogP contribution is 2.43. The molecule has 5 rings (SSSR count). The summed E-state index contributed by atoms with van der Waals surface area (Å²) in [7, 11) is 0. The second-order valence-corrected chi connectivity index (χ2v) is 9.38. The lowest BCUT2D eigenvalue weighted by Gasteiger charge is -2.37. The Morgan fingerprint density at radius 3 is 2.64 bits per heavy atom. The first kappa shape index (κ1) is 21.8. The van der Waals surface area contributed by atoms with Crippen LogP contribution >= 0.6 is 11.6 Å². The predicted molar refractivity (Wildman–Crippen MR) is 133 cm³/mol. The van der Waals surface area contributed by atoms with Crippen molar-refractivity contribution < 1.29 is 4.79 Å². The number of amides is 1. The Morgan fingerprint density at radius 1 is 1.09 bits per heavy atom. The van der Waals surface area contributed by atoms with Crippen LogP contribution in [0.4, 0.5) is 0 Å². The van der Waals surface area contributed by atoms with Gasteiger partial charge in [-0.25, -0.2) is 0 Å². The maximum atomic E-state index is 12.9. The Bertz CT molecular complexity index is 1180. The highest BCUT2D eigenvalue weighted by Gasteiger charge is 2.34. The zero-order valence-corrected chi connectivity index (χ0v) is 19.6. The topological polar surface area (TPSA) is 46.1 Å². The number of hydrogen-bond acceptors (Lipinski definition) is 3. The number of halogens is 1. The van der Waals surface area contributed by atoms with Gasteiger partial charge in [0.15, 0.2) is 0 Å². The van der Waals surface area contributed by atoms with Crippen LogP contribution in [0.2, 0.25) is 5.02 Å². The van der Waals surface area contributed by atoms with Gasteiger partial charge in [0.2, 0.25) is 5.91 Å². The SMILES string of the molecule is CCc1cc2c(cc1Cl)C=Cc1cccnc1C2C1CCN(C(=O)Cc2cccnc2)CC1. The molecule has 1 aromatic carbocycles. The average molecular weight is 458 g/mol. The quantitative estimate of drug-likeness (QED) is 0.498. The molecule has 168 valence electrons. The maximum Gasteiger partial charge on any atom is 0.227 e. The van der Waals surface area contributed by atoms with E-state index in [2.05, 4.69) is 42.3 Å². The summed E-state index contributed by atoms with van der Waals surface area (Å²) in [5.74, 6) is 0.804. The molecule has 3 heterocycles. The summed E-state index contributed by atoms with van der Waals surface area (Å²) in [6, 6.07) is 12.4. The summed E-state index contributed by atoms with van der Waals surface area (Å²) in [5.41, 5.74) is 6.94. The van der Waals surface area contributed by atoms with E-state index in [1.807, 2.05) is 29.3 Å². The predicted octanol–water partition coefficient (Wildman–Crippen LogP) is 5.79. The van der Waals surface area contributed by atoms with Gasteiger partial charge in [-0.1, -0.05) is 48.9 Å². The second-order valence-electron chi connectivity index (χ2n) is 8.97. The molecule has 0 bridgehead atoms. The third kappa shape index (κ3) is 4.45.